The van der Waals surface area contributed by atoms with Gasteiger partial charge in [0.15, 0.2) is 0 Å². The van der Waals surface area contributed by atoms with Gasteiger partial charge in [-0.05, 0) is 30.9 Å². The zero-order chi connectivity index (χ0) is 14.5. The number of pyridine rings is 1. The predicted octanol–water partition coefficient (Wildman–Crippen LogP) is 1.45. The molecule has 1 aliphatic rings. The molecule has 0 atom stereocenters. The Morgan fingerprint density at radius 3 is 2.76 bits per heavy atom. The van der Waals surface area contributed by atoms with Gasteiger partial charge in [0.2, 0.25) is 17.8 Å². The molecule has 2 aromatic heterocycles. The van der Waals surface area contributed by atoms with Crippen molar-refractivity contribution in [3.05, 3.63) is 30.1 Å². The maximum atomic E-state index is 5.79. The highest BCUT2D eigenvalue weighted by Crippen LogP contribution is 2.17. The Balaban J connectivity index is 1.71. The number of rotatable bonds is 4. The van der Waals surface area contributed by atoms with Gasteiger partial charge >= 0.3 is 0 Å². The lowest BCUT2D eigenvalue weighted by Crippen LogP contribution is -2.31. The Kier molecular flexibility index (Phi) is 4.09. The van der Waals surface area contributed by atoms with Gasteiger partial charge in [0.05, 0.1) is 0 Å². The molecule has 3 heterocycles. The lowest BCUT2D eigenvalue weighted by Gasteiger charge is -2.26. The molecule has 0 saturated carbocycles. The summed E-state index contributed by atoms with van der Waals surface area (Å²) in [7, 11) is 0. The summed E-state index contributed by atoms with van der Waals surface area (Å²) in [6, 6.07) is 3.90. The number of nitrogen functional groups attached to an aromatic ring is 1. The van der Waals surface area contributed by atoms with E-state index in [1.807, 2.05) is 18.3 Å². The van der Waals surface area contributed by atoms with Crippen molar-refractivity contribution in [1.82, 2.24) is 19.9 Å². The number of aromatic nitrogens is 4. The van der Waals surface area contributed by atoms with Crippen LogP contribution < -0.4 is 16.0 Å². The van der Waals surface area contributed by atoms with E-state index >= 15 is 0 Å². The number of anilines is 3. The summed E-state index contributed by atoms with van der Waals surface area (Å²) < 4.78 is 0. The molecule has 0 bridgehead atoms. The summed E-state index contributed by atoms with van der Waals surface area (Å²) in [6.07, 6.45) is 7.17. The number of hydrogen-bond donors (Lipinski definition) is 2. The normalized spacial score (nSPS) is 15.0. The fourth-order valence-corrected chi connectivity index (χ4v) is 2.38. The quantitative estimate of drug-likeness (QED) is 0.878. The molecule has 0 spiro atoms. The topological polar surface area (TPSA) is 92.8 Å². The first-order chi connectivity index (χ1) is 10.3. The van der Waals surface area contributed by atoms with E-state index in [0.29, 0.717) is 18.4 Å². The fourth-order valence-electron chi connectivity index (χ4n) is 2.38. The SMILES string of the molecule is Nc1nc(NCc2cccnc2)nc(N2CCCCC2)n1. The standard InChI is InChI=1S/C14H19N7/c15-12-18-13(17-10-11-5-4-6-16-9-11)20-14(19-12)21-7-2-1-3-8-21/h4-6,9H,1-3,7-8,10H2,(H3,15,17,18,19,20). The maximum absolute atomic E-state index is 5.79. The van der Waals surface area contributed by atoms with Crippen molar-refractivity contribution in [3.8, 4) is 0 Å². The van der Waals surface area contributed by atoms with Crippen LogP contribution >= 0.6 is 0 Å². The largest absolute Gasteiger partial charge is 0.368 e. The van der Waals surface area contributed by atoms with Crippen LogP contribution in [0.25, 0.3) is 0 Å². The third kappa shape index (κ3) is 3.56. The highest BCUT2D eigenvalue weighted by molar-refractivity contribution is 5.42. The van der Waals surface area contributed by atoms with Gasteiger partial charge in [0, 0.05) is 32.0 Å². The van der Waals surface area contributed by atoms with E-state index in [-0.39, 0.29) is 5.95 Å². The molecule has 0 aliphatic carbocycles. The van der Waals surface area contributed by atoms with Crippen LogP contribution in [-0.2, 0) is 6.54 Å². The predicted molar refractivity (Wildman–Crippen MR) is 81.9 cm³/mol. The van der Waals surface area contributed by atoms with Crippen molar-refractivity contribution in [2.45, 2.75) is 25.8 Å². The van der Waals surface area contributed by atoms with E-state index < -0.39 is 0 Å². The van der Waals surface area contributed by atoms with Crippen LogP contribution in [0.4, 0.5) is 17.8 Å². The Morgan fingerprint density at radius 1 is 1.14 bits per heavy atom. The van der Waals surface area contributed by atoms with Gasteiger partial charge in [-0.2, -0.15) is 15.0 Å². The van der Waals surface area contributed by atoms with Crippen LogP contribution in [0.1, 0.15) is 24.8 Å². The molecule has 21 heavy (non-hydrogen) atoms. The highest BCUT2D eigenvalue weighted by atomic mass is 15.3. The van der Waals surface area contributed by atoms with Crippen molar-refractivity contribution in [2.75, 3.05) is 29.0 Å². The van der Waals surface area contributed by atoms with E-state index in [4.69, 9.17) is 5.73 Å². The second-order valence-corrected chi connectivity index (χ2v) is 5.08. The molecule has 1 fully saturated rings. The smallest absolute Gasteiger partial charge is 0.231 e. The zero-order valence-corrected chi connectivity index (χ0v) is 11.9. The van der Waals surface area contributed by atoms with Crippen LogP contribution in [0, 0.1) is 0 Å². The third-order valence-corrected chi connectivity index (χ3v) is 3.45. The van der Waals surface area contributed by atoms with Gasteiger partial charge < -0.3 is 16.0 Å². The Bertz CT molecular complexity index is 581. The van der Waals surface area contributed by atoms with E-state index in [2.05, 4.69) is 30.2 Å². The van der Waals surface area contributed by atoms with Gasteiger partial charge in [0.1, 0.15) is 0 Å². The van der Waals surface area contributed by atoms with E-state index in [0.717, 1.165) is 18.7 Å². The molecule has 7 nitrogen and oxygen atoms in total. The van der Waals surface area contributed by atoms with Gasteiger partial charge in [-0.25, -0.2) is 0 Å². The van der Waals surface area contributed by atoms with Crippen molar-refractivity contribution in [3.63, 3.8) is 0 Å². The van der Waals surface area contributed by atoms with E-state index in [1.165, 1.54) is 19.3 Å². The average molecular weight is 285 g/mol. The number of nitrogens with one attached hydrogen (secondary N) is 1. The molecule has 0 unspecified atom stereocenters. The third-order valence-electron chi connectivity index (χ3n) is 3.45. The molecule has 1 aliphatic heterocycles. The molecule has 110 valence electrons. The molecule has 1 saturated heterocycles. The molecule has 2 aromatic rings. The molecule has 7 heteroatoms. The summed E-state index contributed by atoms with van der Waals surface area (Å²) in [6.45, 7) is 2.56. The first kappa shape index (κ1) is 13.5. The van der Waals surface area contributed by atoms with E-state index in [1.54, 1.807) is 6.20 Å². The van der Waals surface area contributed by atoms with Crippen molar-refractivity contribution in [2.24, 2.45) is 0 Å². The second-order valence-electron chi connectivity index (χ2n) is 5.08. The first-order valence-corrected chi connectivity index (χ1v) is 7.20. The Hall–Kier alpha value is -2.44. The molecule has 0 aromatic carbocycles. The Labute approximate surface area is 123 Å². The van der Waals surface area contributed by atoms with Crippen LogP contribution in [-0.4, -0.2) is 33.0 Å². The average Bonchev–Trinajstić information content (AvgIpc) is 2.54. The van der Waals surface area contributed by atoms with Crippen molar-refractivity contribution < 1.29 is 0 Å². The number of hydrogen-bond acceptors (Lipinski definition) is 7. The van der Waals surface area contributed by atoms with Gasteiger partial charge in [-0.1, -0.05) is 6.07 Å². The Morgan fingerprint density at radius 2 is 2.00 bits per heavy atom. The lowest BCUT2D eigenvalue weighted by atomic mass is 10.1. The zero-order valence-electron chi connectivity index (χ0n) is 11.9. The monoisotopic (exact) mass is 285 g/mol. The summed E-state index contributed by atoms with van der Waals surface area (Å²) in [4.78, 5) is 19.1. The summed E-state index contributed by atoms with van der Waals surface area (Å²) >= 11 is 0. The van der Waals surface area contributed by atoms with Crippen molar-refractivity contribution >= 4 is 17.8 Å². The number of piperidine rings is 1. The van der Waals surface area contributed by atoms with Crippen LogP contribution in [0.15, 0.2) is 24.5 Å². The highest BCUT2D eigenvalue weighted by Gasteiger charge is 2.15. The molecule has 3 N–H and O–H groups in total. The maximum Gasteiger partial charge on any atom is 0.231 e. The summed E-state index contributed by atoms with van der Waals surface area (Å²) in [5.74, 6) is 1.42. The summed E-state index contributed by atoms with van der Waals surface area (Å²) in [5, 5.41) is 3.17. The lowest BCUT2D eigenvalue weighted by molar-refractivity contribution is 0.568. The second kappa shape index (κ2) is 6.34. The van der Waals surface area contributed by atoms with Gasteiger partial charge in [-0.3, -0.25) is 4.98 Å². The van der Waals surface area contributed by atoms with Crippen molar-refractivity contribution in [1.29, 1.82) is 0 Å². The first-order valence-electron chi connectivity index (χ1n) is 7.20. The van der Waals surface area contributed by atoms with Crippen LogP contribution in [0.2, 0.25) is 0 Å². The fraction of sp³-hybridized carbons (Fsp3) is 0.429. The minimum Gasteiger partial charge on any atom is -0.368 e. The molecular weight excluding hydrogens is 266 g/mol. The molecule has 0 radical (unpaired) electrons. The minimum absolute atomic E-state index is 0.249. The van der Waals surface area contributed by atoms with E-state index in [9.17, 15) is 0 Å². The number of nitrogens with two attached hydrogens (primary N) is 1. The summed E-state index contributed by atoms with van der Waals surface area (Å²) in [5.41, 5.74) is 6.86. The molecular formula is C14H19N7. The minimum atomic E-state index is 0.249. The molecule has 0 amide bonds. The van der Waals surface area contributed by atoms with Crippen LogP contribution in [0.5, 0.6) is 0 Å². The van der Waals surface area contributed by atoms with Crippen LogP contribution in [0.3, 0.4) is 0 Å². The molecule has 3 rings (SSSR count). The number of nitrogens with zero attached hydrogens (tertiary/aromatic N) is 5. The van der Waals surface area contributed by atoms with Gasteiger partial charge in [0.25, 0.3) is 0 Å². The van der Waals surface area contributed by atoms with Gasteiger partial charge in [-0.15, -0.1) is 0 Å².